The van der Waals surface area contributed by atoms with Crippen LogP contribution >= 0.6 is 0 Å². The van der Waals surface area contributed by atoms with E-state index >= 15 is 0 Å². The number of pyridine rings is 2. The van der Waals surface area contributed by atoms with E-state index in [1.165, 1.54) is 12.3 Å². The van der Waals surface area contributed by atoms with Gasteiger partial charge in [-0.15, -0.1) is 10.2 Å². The second-order valence-corrected chi connectivity index (χ2v) is 4.23. The molecule has 0 saturated carbocycles. The predicted molar refractivity (Wildman–Crippen MR) is 67.9 cm³/mol. The maximum absolute atomic E-state index is 11.0. The Morgan fingerprint density at radius 3 is 2.84 bits per heavy atom. The van der Waals surface area contributed by atoms with Crippen LogP contribution in [0.5, 0.6) is 0 Å². The third-order valence-electron chi connectivity index (χ3n) is 2.78. The Kier molecular flexibility index (Phi) is 2.49. The average Bonchev–Trinajstić information content (AvgIpc) is 2.81. The first kappa shape index (κ1) is 11.3. The average molecular weight is 254 g/mol. The van der Waals surface area contributed by atoms with Crippen molar-refractivity contribution < 1.29 is 9.90 Å². The summed E-state index contributed by atoms with van der Waals surface area (Å²) >= 11 is 0. The zero-order valence-electron chi connectivity index (χ0n) is 10.1. The summed E-state index contributed by atoms with van der Waals surface area (Å²) in [6.45, 7) is 1.93. The van der Waals surface area contributed by atoms with Gasteiger partial charge in [0.25, 0.3) is 0 Å². The molecule has 0 atom stereocenters. The van der Waals surface area contributed by atoms with Gasteiger partial charge in [-0.3, -0.25) is 9.38 Å². The van der Waals surface area contributed by atoms with Gasteiger partial charge >= 0.3 is 5.97 Å². The van der Waals surface area contributed by atoms with Gasteiger partial charge in [0, 0.05) is 24.2 Å². The van der Waals surface area contributed by atoms with Crippen LogP contribution in [0, 0.1) is 6.92 Å². The Morgan fingerprint density at radius 1 is 1.26 bits per heavy atom. The fourth-order valence-electron chi connectivity index (χ4n) is 1.89. The molecular weight excluding hydrogens is 244 g/mol. The lowest BCUT2D eigenvalue weighted by atomic mass is 10.2. The summed E-state index contributed by atoms with van der Waals surface area (Å²) < 4.78 is 1.65. The van der Waals surface area contributed by atoms with Gasteiger partial charge in [-0.05, 0) is 30.7 Å². The van der Waals surface area contributed by atoms with E-state index in [1.54, 1.807) is 22.9 Å². The molecule has 6 nitrogen and oxygen atoms in total. The Morgan fingerprint density at radius 2 is 2.11 bits per heavy atom. The van der Waals surface area contributed by atoms with E-state index in [9.17, 15) is 4.79 Å². The normalized spacial score (nSPS) is 10.8. The van der Waals surface area contributed by atoms with E-state index in [0.29, 0.717) is 11.5 Å². The molecular formula is C13H10N4O2. The Hall–Kier alpha value is -2.76. The van der Waals surface area contributed by atoms with Crippen molar-refractivity contribution in [2.75, 3.05) is 0 Å². The summed E-state index contributed by atoms with van der Waals surface area (Å²) in [5, 5.41) is 17.1. The van der Waals surface area contributed by atoms with Crippen LogP contribution in [-0.2, 0) is 0 Å². The summed E-state index contributed by atoms with van der Waals surface area (Å²) in [6, 6.07) is 5.06. The van der Waals surface area contributed by atoms with Gasteiger partial charge in [0.1, 0.15) is 0 Å². The molecule has 0 fully saturated rings. The van der Waals surface area contributed by atoms with E-state index in [2.05, 4.69) is 15.2 Å². The molecule has 0 bridgehead atoms. The van der Waals surface area contributed by atoms with Gasteiger partial charge in [0.15, 0.2) is 11.5 Å². The first-order chi connectivity index (χ1) is 9.15. The molecule has 6 heteroatoms. The first-order valence-corrected chi connectivity index (χ1v) is 5.65. The monoisotopic (exact) mass is 254 g/mol. The summed E-state index contributed by atoms with van der Waals surface area (Å²) in [5.74, 6) is -0.404. The third kappa shape index (κ3) is 1.93. The van der Waals surface area contributed by atoms with Gasteiger partial charge in [0.05, 0.1) is 5.56 Å². The molecule has 0 aliphatic rings. The van der Waals surface area contributed by atoms with Gasteiger partial charge in [0.2, 0.25) is 0 Å². The van der Waals surface area contributed by atoms with Crippen LogP contribution in [0.1, 0.15) is 15.9 Å². The predicted octanol–water partition coefficient (Wildman–Crippen LogP) is 1.80. The molecule has 0 aliphatic heterocycles. The van der Waals surface area contributed by atoms with Crippen molar-refractivity contribution in [2.45, 2.75) is 6.92 Å². The van der Waals surface area contributed by atoms with Crippen LogP contribution in [-0.4, -0.2) is 30.7 Å². The molecule has 0 saturated heterocycles. The Balaban J connectivity index is 2.24. The molecule has 0 radical (unpaired) electrons. The van der Waals surface area contributed by atoms with E-state index < -0.39 is 5.97 Å². The van der Waals surface area contributed by atoms with Crippen molar-refractivity contribution in [3.8, 4) is 11.4 Å². The molecule has 3 aromatic rings. The first-order valence-electron chi connectivity index (χ1n) is 5.65. The highest BCUT2D eigenvalue weighted by molar-refractivity contribution is 5.87. The minimum Gasteiger partial charge on any atom is -0.478 e. The number of nitrogens with zero attached hydrogens (tertiary/aromatic N) is 4. The summed E-state index contributed by atoms with van der Waals surface area (Å²) in [5.41, 5.74) is 2.59. The van der Waals surface area contributed by atoms with Crippen LogP contribution in [0.2, 0.25) is 0 Å². The molecule has 94 valence electrons. The maximum atomic E-state index is 11.0. The second-order valence-electron chi connectivity index (χ2n) is 4.23. The van der Waals surface area contributed by atoms with Gasteiger partial charge in [-0.2, -0.15) is 0 Å². The molecule has 3 heterocycles. The third-order valence-corrected chi connectivity index (χ3v) is 2.78. The number of aromatic nitrogens is 4. The zero-order chi connectivity index (χ0) is 13.4. The molecule has 0 spiro atoms. The van der Waals surface area contributed by atoms with E-state index in [0.717, 1.165) is 11.1 Å². The minimum atomic E-state index is -0.982. The van der Waals surface area contributed by atoms with Crippen LogP contribution in [0.3, 0.4) is 0 Å². The number of carboxylic acids is 1. The molecule has 3 aromatic heterocycles. The Labute approximate surface area is 108 Å². The van der Waals surface area contributed by atoms with Gasteiger partial charge in [-0.1, -0.05) is 0 Å². The fourth-order valence-corrected chi connectivity index (χ4v) is 1.89. The van der Waals surface area contributed by atoms with E-state index in [1.807, 2.05) is 13.0 Å². The number of rotatable bonds is 2. The fraction of sp³-hybridized carbons (Fsp3) is 0.0769. The van der Waals surface area contributed by atoms with Crippen LogP contribution in [0.4, 0.5) is 0 Å². The highest BCUT2D eigenvalue weighted by Crippen LogP contribution is 2.18. The standard InChI is InChI=1S/C13H10N4O2/c1-8-4-10(6-14-5-8)12-16-15-11-3-2-9(13(18)19)7-17(11)12/h2-7H,1H3,(H,18,19). The highest BCUT2D eigenvalue weighted by Gasteiger charge is 2.11. The van der Waals surface area contributed by atoms with E-state index in [4.69, 9.17) is 5.11 Å². The molecule has 0 amide bonds. The minimum absolute atomic E-state index is 0.189. The number of hydrogen-bond acceptors (Lipinski definition) is 4. The van der Waals surface area contributed by atoms with Crippen molar-refractivity contribution in [3.63, 3.8) is 0 Å². The van der Waals surface area contributed by atoms with Crippen molar-refractivity contribution in [1.82, 2.24) is 19.6 Å². The molecule has 0 aromatic carbocycles. The maximum Gasteiger partial charge on any atom is 0.337 e. The van der Waals surface area contributed by atoms with Crippen molar-refractivity contribution in [3.05, 3.63) is 47.9 Å². The van der Waals surface area contributed by atoms with Crippen molar-refractivity contribution in [2.24, 2.45) is 0 Å². The molecule has 19 heavy (non-hydrogen) atoms. The number of carboxylic acid groups (broad SMARTS) is 1. The lowest BCUT2D eigenvalue weighted by molar-refractivity contribution is 0.0696. The number of carbonyl (C=O) groups is 1. The van der Waals surface area contributed by atoms with Crippen LogP contribution in [0.25, 0.3) is 17.0 Å². The molecule has 1 N–H and O–H groups in total. The van der Waals surface area contributed by atoms with E-state index in [-0.39, 0.29) is 5.56 Å². The lowest BCUT2D eigenvalue weighted by Crippen LogP contribution is -1.99. The number of aryl methyl sites for hydroxylation is 1. The molecule has 0 aliphatic carbocycles. The Bertz CT molecular complexity index is 779. The highest BCUT2D eigenvalue weighted by atomic mass is 16.4. The number of fused-ring (bicyclic) bond motifs is 1. The zero-order valence-corrected chi connectivity index (χ0v) is 10.1. The van der Waals surface area contributed by atoms with Gasteiger partial charge < -0.3 is 5.11 Å². The number of hydrogen-bond donors (Lipinski definition) is 1. The second kappa shape index (κ2) is 4.16. The SMILES string of the molecule is Cc1cncc(-c2nnc3ccc(C(=O)O)cn23)c1. The summed E-state index contributed by atoms with van der Waals surface area (Å²) in [7, 11) is 0. The van der Waals surface area contributed by atoms with Crippen molar-refractivity contribution in [1.29, 1.82) is 0 Å². The topological polar surface area (TPSA) is 80.4 Å². The van der Waals surface area contributed by atoms with Crippen LogP contribution in [0.15, 0.2) is 36.8 Å². The molecule has 0 unspecified atom stereocenters. The number of aromatic carboxylic acids is 1. The van der Waals surface area contributed by atoms with Crippen molar-refractivity contribution >= 4 is 11.6 Å². The molecule has 3 rings (SSSR count). The van der Waals surface area contributed by atoms with Gasteiger partial charge in [-0.25, -0.2) is 4.79 Å². The summed E-state index contributed by atoms with van der Waals surface area (Å²) in [6.07, 6.45) is 4.93. The van der Waals surface area contributed by atoms with Crippen LogP contribution < -0.4 is 0 Å². The lowest BCUT2D eigenvalue weighted by Gasteiger charge is -2.01. The quantitative estimate of drug-likeness (QED) is 0.754. The largest absolute Gasteiger partial charge is 0.478 e. The smallest absolute Gasteiger partial charge is 0.337 e. The summed E-state index contributed by atoms with van der Waals surface area (Å²) in [4.78, 5) is 15.1.